The lowest BCUT2D eigenvalue weighted by Gasteiger charge is -2.43. The van der Waals surface area contributed by atoms with Crippen LogP contribution in [0.25, 0.3) is 5.70 Å². The van der Waals surface area contributed by atoms with Gasteiger partial charge in [-0.2, -0.15) is 13.2 Å². The molecule has 4 aliphatic heterocycles. The maximum absolute atomic E-state index is 13.2. The van der Waals surface area contributed by atoms with E-state index in [2.05, 4.69) is 25.9 Å². The SMILES string of the molecule is CC1(C(=O)N2CCC[C@@H](CN/C(=C3\NC(C4(O)COC4)=CN=C3N)c3ccc(C(=O)Nc4cc(C(F)(F)F)ccn4)cc3)C2)COC1. The molecule has 47 heavy (non-hydrogen) atoms. The number of benzene rings is 1. The Labute approximate surface area is 268 Å². The highest BCUT2D eigenvalue weighted by atomic mass is 19.4. The Balaban J connectivity index is 1.22. The molecule has 1 aromatic carbocycles. The number of rotatable bonds is 8. The number of likely N-dealkylation sites (tertiary alicyclic amines) is 1. The van der Waals surface area contributed by atoms with E-state index in [-0.39, 0.29) is 42.3 Å². The second-order valence-electron chi connectivity index (χ2n) is 12.6. The molecular formula is C32H36F3N7O5. The van der Waals surface area contributed by atoms with Gasteiger partial charge in [0.1, 0.15) is 17.4 Å². The molecule has 1 atom stereocenters. The Bertz CT molecular complexity index is 1630. The van der Waals surface area contributed by atoms with Gasteiger partial charge in [-0.3, -0.25) is 9.59 Å². The number of piperidine rings is 1. The molecular weight excluding hydrogens is 619 g/mol. The molecule has 6 rings (SSSR count). The predicted octanol–water partition coefficient (Wildman–Crippen LogP) is 2.45. The zero-order valence-corrected chi connectivity index (χ0v) is 25.7. The van der Waals surface area contributed by atoms with Crippen molar-refractivity contribution >= 4 is 29.2 Å². The minimum atomic E-state index is -4.58. The van der Waals surface area contributed by atoms with Gasteiger partial charge >= 0.3 is 6.18 Å². The van der Waals surface area contributed by atoms with Crippen LogP contribution < -0.4 is 21.7 Å². The van der Waals surface area contributed by atoms with Gasteiger partial charge in [-0.25, -0.2) is 9.98 Å². The van der Waals surface area contributed by atoms with Crippen LogP contribution >= 0.6 is 0 Å². The molecule has 5 heterocycles. The van der Waals surface area contributed by atoms with Crippen LogP contribution in [-0.4, -0.2) is 84.3 Å². The van der Waals surface area contributed by atoms with Crippen molar-refractivity contribution in [3.63, 3.8) is 0 Å². The molecule has 0 radical (unpaired) electrons. The maximum Gasteiger partial charge on any atom is 0.416 e. The fourth-order valence-electron chi connectivity index (χ4n) is 5.87. The average Bonchev–Trinajstić information content (AvgIpc) is 3.03. The number of nitrogens with zero attached hydrogens (tertiary/aromatic N) is 3. The molecule has 0 unspecified atom stereocenters. The van der Waals surface area contributed by atoms with Crippen LogP contribution in [0.3, 0.4) is 0 Å². The summed E-state index contributed by atoms with van der Waals surface area (Å²) in [5, 5.41) is 20.0. The number of anilines is 1. The molecule has 0 spiro atoms. The number of amidine groups is 1. The number of carbonyl (C=O) groups excluding carboxylic acids is 2. The smallest absolute Gasteiger partial charge is 0.382 e. The van der Waals surface area contributed by atoms with Crippen molar-refractivity contribution in [3.05, 3.63) is 76.9 Å². The molecule has 0 aliphatic carbocycles. The van der Waals surface area contributed by atoms with Gasteiger partial charge in [0, 0.05) is 31.4 Å². The molecule has 12 nitrogen and oxygen atoms in total. The van der Waals surface area contributed by atoms with Gasteiger partial charge in [-0.15, -0.1) is 0 Å². The van der Waals surface area contributed by atoms with Gasteiger partial charge in [-0.1, -0.05) is 12.1 Å². The van der Waals surface area contributed by atoms with E-state index in [1.807, 2.05) is 11.8 Å². The molecule has 6 N–H and O–H groups in total. The highest BCUT2D eigenvalue weighted by molar-refractivity contribution is 6.05. The van der Waals surface area contributed by atoms with E-state index < -0.39 is 28.7 Å². The second-order valence-corrected chi connectivity index (χ2v) is 12.6. The summed E-state index contributed by atoms with van der Waals surface area (Å²) in [6.45, 7) is 4.70. The van der Waals surface area contributed by atoms with Gasteiger partial charge in [0.25, 0.3) is 5.91 Å². The van der Waals surface area contributed by atoms with Crippen molar-refractivity contribution in [3.8, 4) is 0 Å². The van der Waals surface area contributed by atoms with E-state index in [1.165, 1.54) is 18.3 Å². The van der Waals surface area contributed by atoms with E-state index in [4.69, 9.17) is 15.2 Å². The first-order valence-electron chi connectivity index (χ1n) is 15.3. The van der Waals surface area contributed by atoms with Crippen LogP contribution in [0.4, 0.5) is 19.0 Å². The third-order valence-electron chi connectivity index (χ3n) is 8.78. The van der Waals surface area contributed by atoms with Crippen molar-refractivity contribution in [1.82, 2.24) is 20.5 Å². The third kappa shape index (κ3) is 6.82. The Morgan fingerprint density at radius 2 is 1.83 bits per heavy atom. The first kappa shape index (κ1) is 32.5. The molecule has 1 aromatic heterocycles. The number of pyridine rings is 1. The molecule has 0 bridgehead atoms. The summed E-state index contributed by atoms with van der Waals surface area (Å²) < 4.78 is 49.9. The van der Waals surface area contributed by atoms with Crippen molar-refractivity contribution in [1.29, 1.82) is 0 Å². The lowest BCUT2D eigenvalue weighted by Crippen LogP contribution is -2.56. The standard InChI is InChI=1S/C32H36F3N7O5/c1-30(15-46-16-30)29(44)42-10-2-3-19(14-42)12-38-25(26-27(36)39-13-23(40-26)31(45)17-47-18-31)20-4-6-21(7-5-20)28(43)41-24-11-22(8-9-37-24)32(33,34)35/h4-9,11,13,19,38,40,45H,2-3,10,12,14-18H2,1H3,(H2,36,39)(H,37,41,43)/b26-25-/t19-/m0/s1. The van der Waals surface area contributed by atoms with Crippen LogP contribution in [0.5, 0.6) is 0 Å². The number of hydrogen-bond acceptors (Lipinski definition) is 10. The number of nitrogens with one attached hydrogen (secondary N) is 3. The highest BCUT2D eigenvalue weighted by Crippen LogP contribution is 2.33. The van der Waals surface area contributed by atoms with Crippen LogP contribution in [0, 0.1) is 11.3 Å². The van der Waals surface area contributed by atoms with Gasteiger partial charge in [0.2, 0.25) is 5.91 Å². The Morgan fingerprint density at radius 3 is 2.47 bits per heavy atom. The van der Waals surface area contributed by atoms with Gasteiger partial charge < -0.3 is 41.2 Å². The number of aliphatic imine (C=N–C) groups is 1. The monoisotopic (exact) mass is 655 g/mol. The van der Waals surface area contributed by atoms with Crippen molar-refractivity contribution in [2.45, 2.75) is 31.5 Å². The molecule has 3 fully saturated rings. The first-order valence-corrected chi connectivity index (χ1v) is 15.3. The number of alkyl halides is 3. The lowest BCUT2D eigenvalue weighted by molar-refractivity contribution is -0.170. The topological polar surface area (TPSA) is 163 Å². The summed E-state index contributed by atoms with van der Waals surface area (Å²) >= 11 is 0. The van der Waals surface area contributed by atoms with Crippen LogP contribution in [0.1, 0.15) is 41.3 Å². The summed E-state index contributed by atoms with van der Waals surface area (Å²) in [7, 11) is 0. The van der Waals surface area contributed by atoms with Crippen LogP contribution in [0.2, 0.25) is 0 Å². The van der Waals surface area contributed by atoms with Crippen molar-refractivity contribution in [2.75, 3.05) is 51.4 Å². The molecule has 2 amide bonds. The van der Waals surface area contributed by atoms with Gasteiger partial charge in [0.05, 0.1) is 55.0 Å². The minimum Gasteiger partial charge on any atom is -0.382 e. The average molecular weight is 656 g/mol. The first-order chi connectivity index (χ1) is 22.3. The number of halogens is 3. The summed E-state index contributed by atoms with van der Waals surface area (Å²) in [6.07, 6.45) is -0.386. The lowest BCUT2D eigenvalue weighted by atomic mass is 9.85. The van der Waals surface area contributed by atoms with Gasteiger partial charge in [0.15, 0.2) is 5.60 Å². The number of aromatic nitrogens is 1. The summed E-state index contributed by atoms with van der Waals surface area (Å²) in [4.78, 5) is 36.1. The van der Waals surface area contributed by atoms with E-state index >= 15 is 0 Å². The van der Waals surface area contributed by atoms with Crippen molar-refractivity contribution in [2.24, 2.45) is 22.1 Å². The molecule has 3 saturated heterocycles. The number of amides is 2. The number of ether oxygens (including phenoxy) is 2. The molecule has 250 valence electrons. The Kier molecular flexibility index (Phi) is 8.72. The van der Waals surface area contributed by atoms with E-state index in [0.717, 1.165) is 31.2 Å². The third-order valence-corrected chi connectivity index (χ3v) is 8.78. The minimum absolute atomic E-state index is 0.0947. The highest BCUT2D eigenvalue weighted by Gasteiger charge is 2.45. The molecule has 2 aromatic rings. The summed E-state index contributed by atoms with van der Waals surface area (Å²) in [5.41, 5.74) is 5.88. The van der Waals surface area contributed by atoms with Gasteiger partial charge in [-0.05, 0) is 55.5 Å². The maximum atomic E-state index is 13.2. The normalized spacial score (nSPS) is 22.8. The zero-order chi connectivity index (χ0) is 33.4. The fourth-order valence-corrected chi connectivity index (χ4v) is 5.87. The quantitative estimate of drug-likeness (QED) is 0.288. The van der Waals surface area contributed by atoms with E-state index in [9.17, 15) is 27.9 Å². The van der Waals surface area contributed by atoms with E-state index in [0.29, 0.717) is 55.5 Å². The summed E-state index contributed by atoms with van der Waals surface area (Å²) in [6, 6.07) is 8.00. The predicted molar refractivity (Wildman–Crippen MR) is 165 cm³/mol. The van der Waals surface area contributed by atoms with E-state index in [1.54, 1.807) is 12.1 Å². The largest absolute Gasteiger partial charge is 0.416 e. The number of carbonyl (C=O) groups is 2. The molecule has 0 saturated carbocycles. The van der Waals surface area contributed by atoms with Crippen LogP contribution in [-0.2, 0) is 20.4 Å². The molecule has 4 aliphatic rings. The van der Waals surface area contributed by atoms with Crippen molar-refractivity contribution < 1.29 is 37.3 Å². The number of hydrogen-bond donors (Lipinski definition) is 5. The fraction of sp³-hybridized carbons (Fsp3) is 0.438. The Hall–Kier alpha value is -4.47. The second kappa shape index (κ2) is 12.6. The Morgan fingerprint density at radius 1 is 1.13 bits per heavy atom. The number of nitrogens with two attached hydrogens (primary N) is 1. The number of aliphatic hydroxyl groups is 1. The zero-order valence-electron chi connectivity index (χ0n) is 25.7. The summed E-state index contributed by atoms with van der Waals surface area (Å²) in [5.74, 6) is -0.491. The molecule has 15 heteroatoms. The van der Waals surface area contributed by atoms with Crippen LogP contribution in [0.15, 0.2) is 65.2 Å².